The largest absolute Gasteiger partial charge is 0.460 e. The monoisotopic (exact) mass is 369 g/mol. The van der Waals surface area contributed by atoms with Gasteiger partial charge in [0.05, 0.1) is 34.8 Å². The molecule has 7 heteroatoms. The Bertz CT molecular complexity index is 1010. The fourth-order valence-electron chi connectivity index (χ4n) is 3.09. The number of dihydropyridines is 1. The molecule has 2 heterocycles. The first-order valence-corrected chi connectivity index (χ1v) is 8.02. The Morgan fingerprint density at radius 2 is 1.63 bits per heavy atom. The summed E-state index contributed by atoms with van der Waals surface area (Å²) in [5.74, 6) is -0.129. The zero-order valence-corrected chi connectivity index (χ0v) is 14.5. The lowest BCUT2D eigenvalue weighted by Crippen LogP contribution is -2.23. The Hall–Kier alpha value is -3.45. The van der Waals surface area contributed by atoms with Crippen molar-refractivity contribution >= 4 is 0 Å². The summed E-state index contributed by atoms with van der Waals surface area (Å²) >= 11 is 0. The van der Waals surface area contributed by atoms with Gasteiger partial charge in [0, 0.05) is 17.0 Å². The molecule has 0 spiro atoms. The molecule has 3 rings (SSSR count). The van der Waals surface area contributed by atoms with E-state index < -0.39 is 17.7 Å². The molecule has 27 heavy (non-hydrogen) atoms. The molecule has 136 valence electrons. The van der Waals surface area contributed by atoms with E-state index in [0.29, 0.717) is 28.3 Å². The summed E-state index contributed by atoms with van der Waals surface area (Å²) in [4.78, 5) is 0. The van der Waals surface area contributed by atoms with Crippen molar-refractivity contribution in [3.63, 3.8) is 0 Å². The minimum atomic E-state index is -4.46. The van der Waals surface area contributed by atoms with E-state index in [1.807, 2.05) is 0 Å². The number of hydrogen-bond donors (Lipinski definition) is 1. The second kappa shape index (κ2) is 6.69. The number of furan rings is 1. The van der Waals surface area contributed by atoms with E-state index in [-0.39, 0.29) is 11.3 Å². The van der Waals surface area contributed by atoms with Crippen molar-refractivity contribution in [3.05, 3.63) is 70.3 Å². The van der Waals surface area contributed by atoms with Crippen LogP contribution in [0.5, 0.6) is 0 Å². The van der Waals surface area contributed by atoms with Gasteiger partial charge in [-0.05, 0) is 38.1 Å². The Morgan fingerprint density at radius 1 is 1.00 bits per heavy atom. The minimum Gasteiger partial charge on any atom is -0.460 e. The predicted octanol–water partition coefficient (Wildman–Crippen LogP) is 5.25. The second-order valence-electron chi connectivity index (χ2n) is 6.14. The van der Waals surface area contributed by atoms with Crippen LogP contribution < -0.4 is 5.32 Å². The quantitative estimate of drug-likeness (QED) is 0.785. The van der Waals surface area contributed by atoms with Crippen LogP contribution in [0.1, 0.15) is 31.1 Å². The fraction of sp³-hybridized carbons (Fsp3) is 0.200. The zero-order chi connectivity index (χ0) is 19.8. The van der Waals surface area contributed by atoms with E-state index >= 15 is 0 Å². The summed E-state index contributed by atoms with van der Waals surface area (Å²) in [6.07, 6.45) is -4.46. The lowest BCUT2D eigenvalue weighted by molar-refractivity contribution is -0.137. The zero-order valence-electron chi connectivity index (χ0n) is 14.5. The van der Waals surface area contributed by atoms with E-state index in [2.05, 4.69) is 17.5 Å². The lowest BCUT2D eigenvalue weighted by Gasteiger charge is -2.24. The maximum atomic E-state index is 12.9. The van der Waals surface area contributed by atoms with Crippen molar-refractivity contribution < 1.29 is 17.6 Å². The van der Waals surface area contributed by atoms with Crippen LogP contribution in [0.2, 0.25) is 0 Å². The Kier molecular flexibility index (Phi) is 4.55. The van der Waals surface area contributed by atoms with Crippen molar-refractivity contribution in [1.82, 2.24) is 5.32 Å². The molecular formula is C20H14F3N3O. The Morgan fingerprint density at radius 3 is 2.19 bits per heavy atom. The van der Waals surface area contributed by atoms with Gasteiger partial charge in [0.1, 0.15) is 11.5 Å². The molecule has 4 nitrogen and oxygen atoms in total. The van der Waals surface area contributed by atoms with Crippen LogP contribution in [-0.2, 0) is 6.18 Å². The molecule has 0 saturated heterocycles. The number of rotatable bonds is 2. The van der Waals surface area contributed by atoms with Gasteiger partial charge in [-0.25, -0.2) is 0 Å². The first-order valence-electron chi connectivity index (χ1n) is 8.02. The molecule has 1 N–H and O–H groups in total. The van der Waals surface area contributed by atoms with E-state index in [1.165, 1.54) is 12.1 Å². The van der Waals surface area contributed by atoms with Gasteiger partial charge in [-0.3, -0.25) is 0 Å². The van der Waals surface area contributed by atoms with Crippen molar-refractivity contribution in [2.24, 2.45) is 0 Å². The number of benzene rings is 1. The standard InChI is InChI=1S/C20H14F3N3O/c1-11-15(9-24)19(16(10-25)12(2)26-11)18-7-6-17(27-18)13-4-3-5-14(8-13)20(21,22)23/h3-8,19,26H,1-2H3. The van der Waals surface area contributed by atoms with Crippen LogP contribution in [0.25, 0.3) is 11.3 Å². The van der Waals surface area contributed by atoms with Crippen LogP contribution in [0, 0.1) is 22.7 Å². The fourth-order valence-corrected chi connectivity index (χ4v) is 3.09. The smallest absolute Gasteiger partial charge is 0.416 e. The molecule has 0 saturated carbocycles. The summed E-state index contributed by atoms with van der Waals surface area (Å²) in [5, 5.41) is 22.0. The first-order chi connectivity index (χ1) is 12.8. The normalized spacial score (nSPS) is 15.4. The van der Waals surface area contributed by atoms with Crippen LogP contribution in [0.3, 0.4) is 0 Å². The summed E-state index contributed by atoms with van der Waals surface area (Å²) in [6, 6.07) is 12.1. The van der Waals surface area contributed by atoms with E-state index in [1.54, 1.807) is 26.0 Å². The van der Waals surface area contributed by atoms with Crippen molar-refractivity contribution in [1.29, 1.82) is 10.5 Å². The molecular weight excluding hydrogens is 355 g/mol. The van der Waals surface area contributed by atoms with Crippen molar-refractivity contribution in [2.45, 2.75) is 25.9 Å². The molecule has 0 amide bonds. The van der Waals surface area contributed by atoms with E-state index in [0.717, 1.165) is 12.1 Å². The van der Waals surface area contributed by atoms with Gasteiger partial charge < -0.3 is 9.73 Å². The van der Waals surface area contributed by atoms with Gasteiger partial charge in [-0.2, -0.15) is 23.7 Å². The molecule has 1 aliphatic heterocycles. The minimum absolute atomic E-state index is 0.236. The van der Waals surface area contributed by atoms with Gasteiger partial charge in [0.2, 0.25) is 0 Å². The molecule has 1 aliphatic rings. The molecule has 0 aliphatic carbocycles. The highest BCUT2D eigenvalue weighted by Gasteiger charge is 2.33. The highest BCUT2D eigenvalue weighted by Crippen LogP contribution is 2.40. The number of hydrogen-bond acceptors (Lipinski definition) is 4. The molecule has 0 radical (unpaired) electrons. The topological polar surface area (TPSA) is 72.8 Å². The SMILES string of the molecule is CC1=C(C#N)C(c2ccc(-c3cccc(C(F)(F)F)c3)o2)C(C#N)=C(C)N1. The second-order valence-corrected chi connectivity index (χ2v) is 6.14. The number of nitrogens with one attached hydrogen (secondary N) is 1. The Balaban J connectivity index is 2.07. The average Bonchev–Trinajstić information content (AvgIpc) is 3.10. The summed E-state index contributed by atoms with van der Waals surface area (Å²) < 4.78 is 44.6. The van der Waals surface area contributed by atoms with Gasteiger partial charge in [0.25, 0.3) is 0 Å². The summed E-state index contributed by atoms with van der Waals surface area (Å²) in [6.45, 7) is 3.44. The number of nitrogens with zero attached hydrogens (tertiary/aromatic N) is 2. The third kappa shape index (κ3) is 3.32. The molecule has 1 aromatic carbocycles. The van der Waals surface area contributed by atoms with Gasteiger partial charge in [-0.1, -0.05) is 12.1 Å². The Labute approximate surface area is 153 Å². The number of nitriles is 2. The number of alkyl halides is 3. The van der Waals surface area contributed by atoms with Crippen LogP contribution in [0.4, 0.5) is 13.2 Å². The highest BCUT2D eigenvalue weighted by molar-refractivity contribution is 5.61. The van der Waals surface area contributed by atoms with Crippen LogP contribution in [0.15, 0.2) is 63.4 Å². The van der Waals surface area contributed by atoms with Gasteiger partial charge in [-0.15, -0.1) is 0 Å². The summed E-state index contributed by atoms with van der Waals surface area (Å²) in [5.41, 5.74) is 1.38. The van der Waals surface area contributed by atoms with Crippen LogP contribution >= 0.6 is 0 Å². The third-order valence-corrected chi connectivity index (χ3v) is 4.39. The predicted molar refractivity (Wildman–Crippen MR) is 91.6 cm³/mol. The first kappa shape index (κ1) is 18.3. The lowest BCUT2D eigenvalue weighted by atomic mass is 9.85. The van der Waals surface area contributed by atoms with Crippen molar-refractivity contribution in [3.8, 4) is 23.5 Å². The van der Waals surface area contributed by atoms with Gasteiger partial charge in [0.15, 0.2) is 0 Å². The average molecular weight is 369 g/mol. The molecule has 0 fully saturated rings. The molecule has 0 unspecified atom stereocenters. The highest BCUT2D eigenvalue weighted by atomic mass is 19.4. The molecule has 0 atom stereocenters. The van der Waals surface area contributed by atoms with Gasteiger partial charge >= 0.3 is 6.18 Å². The summed E-state index contributed by atoms with van der Waals surface area (Å²) in [7, 11) is 0. The maximum Gasteiger partial charge on any atom is 0.416 e. The van der Waals surface area contributed by atoms with Crippen LogP contribution in [-0.4, -0.2) is 0 Å². The van der Waals surface area contributed by atoms with E-state index in [9.17, 15) is 23.7 Å². The molecule has 1 aromatic heterocycles. The molecule has 0 bridgehead atoms. The van der Waals surface area contributed by atoms with Crippen molar-refractivity contribution in [2.75, 3.05) is 0 Å². The number of halogens is 3. The van der Waals surface area contributed by atoms with E-state index in [4.69, 9.17) is 4.42 Å². The third-order valence-electron chi connectivity index (χ3n) is 4.39. The number of allylic oxidation sites excluding steroid dienone is 4. The maximum absolute atomic E-state index is 12.9. The molecule has 2 aromatic rings.